The summed E-state index contributed by atoms with van der Waals surface area (Å²) in [5.41, 5.74) is 2.19. The van der Waals surface area contributed by atoms with Crippen molar-refractivity contribution in [3.05, 3.63) is 54.0 Å². The van der Waals surface area contributed by atoms with Crippen LogP contribution < -0.4 is 15.1 Å². The molecule has 2 aliphatic rings. The van der Waals surface area contributed by atoms with Gasteiger partial charge < -0.3 is 24.8 Å². The summed E-state index contributed by atoms with van der Waals surface area (Å²) >= 11 is 0. The Morgan fingerprint density at radius 3 is 2.48 bits per heavy atom. The highest BCUT2D eigenvalue weighted by Gasteiger charge is 2.21. The van der Waals surface area contributed by atoms with Crippen molar-refractivity contribution in [3.8, 4) is 0 Å². The summed E-state index contributed by atoms with van der Waals surface area (Å²) in [5, 5.41) is 3.44. The molecular weight excluding hydrogens is 395 g/mol. The molecule has 0 radical (unpaired) electrons. The highest BCUT2D eigenvalue weighted by Crippen LogP contribution is 2.20. The Morgan fingerprint density at radius 2 is 1.77 bits per heavy atom. The van der Waals surface area contributed by atoms with E-state index in [0.717, 1.165) is 82.1 Å². The van der Waals surface area contributed by atoms with Gasteiger partial charge in [0.1, 0.15) is 11.6 Å². The largest absolute Gasteiger partial charge is 0.378 e. The first-order valence-electron chi connectivity index (χ1n) is 11.0. The normalized spacial score (nSPS) is 17.7. The second-order valence-electron chi connectivity index (χ2n) is 7.71. The fraction of sp³-hybridized carbons (Fsp3) is 0.478. The van der Waals surface area contributed by atoms with Gasteiger partial charge in [0.2, 0.25) is 0 Å². The molecule has 0 amide bonds. The van der Waals surface area contributed by atoms with Crippen molar-refractivity contribution in [2.75, 3.05) is 68.8 Å². The lowest BCUT2D eigenvalue weighted by molar-refractivity contribution is 0.122. The molecule has 3 heterocycles. The van der Waals surface area contributed by atoms with E-state index in [1.54, 1.807) is 0 Å². The maximum absolute atomic E-state index is 13.2. The molecular formula is C23H31FN6O. The molecule has 0 aliphatic carbocycles. The van der Waals surface area contributed by atoms with Gasteiger partial charge in [-0.15, -0.1) is 0 Å². The van der Waals surface area contributed by atoms with Crippen molar-refractivity contribution >= 4 is 17.5 Å². The number of piperazine rings is 1. The zero-order valence-corrected chi connectivity index (χ0v) is 18.1. The average Bonchev–Trinajstić information content (AvgIpc) is 2.83. The van der Waals surface area contributed by atoms with Crippen LogP contribution in [0.4, 0.5) is 15.9 Å². The van der Waals surface area contributed by atoms with Gasteiger partial charge in [0.25, 0.3) is 0 Å². The highest BCUT2D eigenvalue weighted by atomic mass is 19.1. The monoisotopic (exact) mass is 426 g/mol. The Balaban J connectivity index is 1.42. The molecule has 1 N–H and O–H groups in total. The third-order valence-electron chi connectivity index (χ3n) is 5.68. The number of ether oxygens (including phenoxy) is 1. The zero-order valence-electron chi connectivity index (χ0n) is 18.1. The van der Waals surface area contributed by atoms with Crippen molar-refractivity contribution in [2.24, 2.45) is 4.99 Å². The lowest BCUT2D eigenvalue weighted by atomic mass is 10.2. The molecule has 166 valence electrons. The fourth-order valence-electron chi connectivity index (χ4n) is 4.03. The van der Waals surface area contributed by atoms with E-state index in [0.29, 0.717) is 6.54 Å². The summed E-state index contributed by atoms with van der Waals surface area (Å²) in [6.07, 6.45) is 1.85. The lowest BCUT2D eigenvalue weighted by Gasteiger charge is -2.37. The van der Waals surface area contributed by atoms with Crippen LogP contribution in [0.1, 0.15) is 12.5 Å². The molecule has 2 saturated heterocycles. The van der Waals surface area contributed by atoms with Crippen LogP contribution in [0.3, 0.4) is 0 Å². The number of nitrogens with zero attached hydrogens (tertiary/aromatic N) is 5. The van der Waals surface area contributed by atoms with Gasteiger partial charge in [0.05, 0.1) is 19.8 Å². The number of rotatable bonds is 5. The maximum atomic E-state index is 13.2. The van der Waals surface area contributed by atoms with Crippen LogP contribution in [0.5, 0.6) is 0 Å². The number of hydrogen-bond donors (Lipinski definition) is 1. The van der Waals surface area contributed by atoms with Gasteiger partial charge in [-0.05, 0) is 37.3 Å². The van der Waals surface area contributed by atoms with Crippen LogP contribution in [-0.2, 0) is 11.3 Å². The van der Waals surface area contributed by atoms with E-state index in [1.165, 1.54) is 12.1 Å². The van der Waals surface area contributed by atoms with Gasteiger partial charge in [-0.3, -0.25) is 0 Å². The van der Waals surface area contributed by atoms with Crippen LogP contribution in [-0.4, -0.2) is 74.9 Å². The molecule has 2 aromatic rings. The van der Waals surface area contributed by atoms with E-state index in [1.807, 2.05) is 24.4 Å². The number of anilines is 2. The smallest absolute Gasteiger partial charge is 0.194 e. The first kappa shape index (κ1) is 21.4. The third-order valence-corrected chi connectivity index (χ3v) is 5.68. The molecule has 2 fully saturated rings. The number of benzene rings is 1. The first-order chi connectivity index (χ1) is 15.2. The number of hydrogen-bond acceptors (Lipinski definition) is 5. The minimum absolute atomic E-state index is 0.198. The van der Waals surface area contributed by atoms with E-state index in [-0.39, 0.29) is 5.82 Å². The van der Waals surface area contributed by atoms with Crippen LogP contribution in [0.2, 0.25) is 0 Å². The van der Waals surface area contributed by atoms with Gasteiger partial charge >= 0.3 is 0 Å². The second-order valence-corrected chi connectivity index (χ2v) is 7.71. The van der Waals surface area contributed by atoms with Gasteiger partial charge in [-0.1, -0.05) is 6.07 Å². The van der Waals surface area contributed by atoms with Crippen molar-refractivity contribution < 1.29 is 9.13 Å². The Bertz CT molecular complexity index is 861. The average molecular weight is 427 g/mol. The van der Waals surface area contributed by atoms with Gasteiger partial charge in [0.15, 0.2) is 5.96 Å². The molecule has 0 atom stereocenters. The van der Waals surface area contributed by atoms with Gasteiger partial charge in [0, 0.05) is 63.3 Å². The van der Waals surface area contributed by atoms with E-state index in [9.17, 15) is 4.39 Å². The molecule has 0 unspecified atom stereocenters. The molecule has 7 nitrogen and oxygen atoms in total. The number of nitrogens with one attached hydrogen (secondary N) is 1. The van der Waals surface area contributed by atoms with E-state index < -0.39 is 0 Å². The summed E-state index contributed by atoms with van der Waals surface area (Å²) in [6.45, 7) is 10.2. The van der Waals surface area contributed by atoms with E-state index >= 15 is 0 Å². The number of aliphatic imine (C=N–C) groups is 1. The number of guanidine groups is 1. The summed E-state index contributed by atoms with van der Waals surface area (Å²) < 4.78 is 18.7. The molecule has 31 heavy (non-hydrogen) atoms. The third kappa shape index (κ3) is 5.44. The molecule has 2 aliphatic heterocycles. The van der Waals surface area contributed by atoms with E-state index in [2.05, 4.69) is 38.0 Å². The Hall–Kier alpha value is -2.87. The highest BCUT2D eigenvalue weighted by molar-refractivity contribution is 5.80. The van der Waals surface area contributed by atoms with Crippen molar-refractivity contribution in [1.29, 1.82) is 0 Å². The van der Waals surface area contributed by atoms with Crippen LogP contribution in [0, 0.1) is 5.82 Å². The molecule has 0 saturated carbocycles. The topological polar surface area (TPSA) is 56.2 Å². The van der Waals surface area contributed by atoms with Gasteiger partial charge in [-0.25, -0.2) is 14.4 Å². The van der Waals surface area contributed by atoms with Crippen LogP contribution in [0.15, 0.2) is 47.6 Å². The zero-order chi connectivity index (χ0) is 21.5. The predicted molar refractivity (Wildman–Crippen MR) is 122 cm³/mol. The lowest BCUT2D eigenvalue weighted by Crippen LogP contribution is -2.52. The number of halogens is 1. The van der Waals surface area contributed by atoms with E-state index in [4.69, 9.17) is 9.73 Å². The summed E-state index contributed by atoms with van der Waals surface area (Å²) in [6, 6.07) is 10.8. The van der Waals surface area contributed by atoms with Crippen molar-refractivity contribution in [1.82, 2.24) is 15.2 Å². The Morgan fingerprint density at radius 1 is 1.03 bits per heavy atom. The molecule has 1 aromatic carbocycles. The Kier molecular flexibility index (Phi) is 7.19. The second kappa shape index (κ2) is 10.4. The SMILES string of the molecule is CCNC(=NCc1cccnc1N1CCOCC1)N1CCN(c2ccc(F)cc2)CC1. The first-order valence-corrected chi connectivity index (χ1v) is 11.0. The molecule has 4 rings (SSSR count). The summed E-state index contributed by atoms with van der Waals surface area (Å²) in [4.78, 5) is 16.4. The standard InChI is InChI=1S/C23H31FN6O/c1-2-25-23(30-12-10-28(11-13-30)21-7-5-20(24)6-8-21)27-18-19-4-3-9-26-22(19)29-14-16-31-17-15-29/h3-9H,2,10-18H2,1H3,(H,25,27). The molecule has 0 bridgehead atoms. The quantitative estimate of drug-likeness (QED) is 0.585. The number of aromatic nitrogens is 1. The summed E-state index contributed by atoms with van der Waals surface area (Å²) in [7, 11) is 0. The number of pyridine rings is 1. The van der Waals surface area contributed by atoms with Crippen LogP contribution in [0.25, 0.3) is 0 Å². The maximum Gasteiger partial charge on any atom is 0.194 e. The van der Waals surface area contributed by atoms with Crippen molar-refractivity contribution in [2.45, 2.75) is 13.5 Å². The number of morpholine rings is 1. The van der Waals surface area contributed by atoms with Gasteiger partial charge in [-0.2, -0.15) is 0 Å². The fourth-order valence-corrected chi connectivity index (χ4v) is 4.03. The van der Waals surface area contributed by atoms with Crippen LogP contribution >= 0.6 is 0 Å². The minimum Gasteiger partial charge on any atom is -0.378 e. The summed E-state index contributed by atoms with van der Waals surface area (Å²) in [5.74, 6) is 1.74. The molecule has 1 aromatic heterocycles. The Labute approximate surface area is 183 Å². The predicted octanol–water partition coefficient (Wildman–Crippen LogP) is 2.35. The van der Waals surface area contributed by atoms with Crippen molar-refractivity contribution in [3.63, 3.8) is 0 Å². The molecule has 0 spiro atoms. The molecule has 8 heteroatoms. The minimum atomic E-state index is -0.198.